The molecule has 1 fully saturated rings. The largest absolute Gasteiger partial charge is 0.380 e. The minimum absolute atomic E-state index is 0.0583. The molecule has 1 unspecified atom stereocenters. The van der Waals surface area contributed by atoms with Gasteiger partial charge in [-0.15, -0.1) is 0 Å². The molecule has 1 saturated heterocycles. The predicted octanol–water partition coefficient (Wildman–Crippen LogP) is 2.15. The summed E-state index contributed by atoms with van der Waals surface area (Å²) in [4.78, 5) is 12.0. The average Bonchev–Trinajstić information content (AvgIpc) is 3.04. The van der Waals surface area contributed by atoms with E-state index in [1.165, 1.54) is 0 Å². The number of hydrogen-bond donors (Lipinski definition) is 1. The number of benzene rings is 1. The number of methoxy groups -OCH3 is 1. The first-order valence-electron chi connectivity index (χ1n) is 7.85. The van der Waals surface area contributed by atoms with Crippen LogP contribution in [0.25, 0.3) is 0 Å². The Hall–Kier alpha value is -1.43. The van der Waals surface area contributed by atoms with Gasteiger partial charge in [0.15, 0.2) is 0 Å². The van der Waals surface area contributed by atoms with Crippen LogP contribution in [-0.2, 0) is 20.8 Å². The topological polar surface area (TPSA) is 56.8 Å². The van der Waals surface area contributed by atoms with Gasteiger partial charge in [0.1, 0.15) is 0 Å². The molecule has 0 aromatic heterocycles. The third-order valence-corrected chi connectivity index (χ3v) is 3.58. The molecule has 5 nitrogen and oxygen atoms in total. The van der Waals surface area contributed by atoms with E-state index in [0.29, 0.717) is 31.9 Å². The van der Waals surface area contributed by atoms with Gasteiger partial charge in [-0.3, -0.25) is 4.79 Å². The number of ether oxygens (including phenoxy) is 3. The first-order chi connectivity index (χ1) is 10.8. The molecule has 1 atom stereocenters. The van der Waals surface area contributed by atoms with Gasteiger partial charge in [-0.2, -0.15) is 0 Å². The van der Waals surface area contributed by atoms with Crippen LogP contribution in [0.5, 0.6) is 0 Å². The fourth-order valence-corrected chi connectivity index (χ4v) is 2.44. The third kappa shape index (κ3) is 5.75. The van der Waals surface area contributed by atoms with E-state index in [2.05, 4.69) is 5.32 Å². The Morgan fingerprint density at radius 1 is 1.45 bits per heavy atom. The van der Waals surface area contributed by atoms with Crippen molar-refractivity contribution in [2.24, 2.45) is 0 Å². The summed E-state index contributed by atoms with van der Waals surface area (Å²) in [5.74, 6) is -0.0583. The van der Waals surface area contributed by atoms with E-state index < -0.39 is 0 Å². The SMILES string of the molecule is COCc1cccc(C(=O)NCCCOCC2CCCO2)c1. The Balaban J connectivity index is 1.59. The summed E-state index contributed by atoms with van der Waals surface area (Å²) in [6.45, 7) is 3.28. The van der Waals surface area contributed by atoms with Gasteiger partial charge in [0, 0.05) is 32.4 Å². The zero-order valence-corrected chi connectivity index (χ0v) is 13.2. The number of carbonyl (C=O) groups excluding carboxylic acids is 1. The Morgan fingerprint density at radius 3 is 3.14 bits per heavy atom. The van der Waals surface area contributed by atoms with Gasteiger partial charge in [0.05, 0.1) is 19.3 Å². The molecule has 1 amide bonds. The van der Waals surface area contributed by atoms with Crippen LogP contribution >= 0.6 is 0 Å². The van der Waals surface area contributed by atoms with Crippen molar-refractivity contribution in [1.29, 1.82) is 0 Å². The number of nitrogens with one attached hydrogen (secondary N) is 1. The van der Waals surface area contributed by atoms with E-state index in [4.69, 9.17) is 14.2 Å². The van der Waals surface area contributed by atoms with Crippen molar-refractivity contribution in [2.45, 2.75) is 32.0 Å². The molecule has 1 aliphatic heterocycles. The predicted molar refractivity (Wildman–Crippen MR) is 83.9 cm³/mol. The van der Waals surface area contributed by atoms with Crippen molar-refractivity contribution in [3.05, 3.63) is 35.4 Å². The quantitative estimate of drug-likeness (QED) is 0.710. The molecule has 1 aromatic rings. The van der Waals surface area contributed by atoms with Crippen molar-refractivity contribution < 1.29 is 19.0 Å². The van der Waals surface area contributed by atoms with E-state index in [0.717, 1.165) is 31.4 Å². The lowest BCUT2D eigenvalue weighted by Crippen LogP contribution is -2.25. The lowest BCUT2D eigenvalue weighted by Gasteiger charge is -2.10. The Bertz CT molecular complexity index is 458. The maximum Gasteiger partial charge on any atom is 0.251 e. The van der Waals surface area contributed by atoms with Crippen molar-refractivity contribution in [3.63, 3.8) is 0 Å². The number of carbonyl (C=O) groups is 1. The minimum Gasteiger partial charge on any atom is -0.380 e. The van der Waals surface area contributed by atoms with Crippen LogP contribution in [0.4, 0.5) is 0 Å². The van der Waals surface area contributed by atoms with E-state index in [9.17, 15) is 4.79 Å². The summed E-state index contributed by atoms with van der Waals surface area (Å²) in [6, 6.07) is 7.47. The van der Waals surface area contributed by atoms with Gasteiger partial charge in [-0.1, -0.05) is 12.1 Å². The first kappa shape index (κ1) is 16.9. The van der Waals surface area contributed by atoms with E-state index in [1.54, 1.807) is 7.11 Å². The first-order valence-corrected chi connectivity index (χ1v) is 7.85. The summed E-state index contributed by atoms with van der Waals surface area (Å²) in [7, 11) is 1.64. The van der Waals surface area contributed by atoms with Crippen LogP contribution < -0.4 is 5.32 Å². The van der Waals surface area contributed by atoms with Crippen LogP contribution in [0.1, 0.15) is 35.2 Å². The highest BCUT2D eigenvalue weighted by atomic mass is 16.5. The number of rotatable bonds is 9. The molecule has 5 heteroatoms. The monoisotopic (exact) mass is 307 g/mol. The van der Waals surface area contributed by atoms with Crippen molar-refractivity contribution >= 4 is 5.91 Å². The van der Waals surface area contributed by atoms with Gasteiger partial charge in [-0.05, 0) is 37.0 Å². The molecule has 0 saturated carbocycles. The van der Waals surface area contributed by atoms with E-state index >= 15 is 0 Å². The second kappa shape index (κ2) is 9.56. The van der Waals surface area contributed by atoms with E-state index in [1.807, 2.05) is 24.3 Å². The minimum atomic E-state index is -0.0583. The average molecular weight is 307 g/mol. The van der Waals surface area contributed by atoms with Crippen LogP contribution in [0.3, 0.4) is 0 Å². The second-order valence-electron chi connectivity index (χ2n) is 5.45. The molecule has 22 heavy (non-hydrogen) atoms. The lowest BCUT2D eigenvalue weighted by atomic mass is 10.1. The molecule has 1 heterocycles. The molecule has 0 bridgehead atoms. The van der Waals surface area contributed by atoms with Gasteiger partial charge in [0.25, 0.3) is 5.91 Å². The number of hydrogen-bond acceptors (Lipinski definition) is 4. The van der Waals surface area contributed by atoms with Gasteiger partial charge >= 0.3 is 0 Å². The van der Waals surface area contributed by atoms with Crippen LogP contribution in [-0.4, -0.2) is 45.5 Å². The smallest absolute Gasteiger partial charge is 0.251 e. The molecule has 122 valence electrons. The summed E-state index contributed by atoms with van der Waals surface area (Å²) in [5.41, 5.74) is 1.66. The van der Waals surface area contributed by atoms with E-state index in [-0.39, 0.29) is 12.0 Å². The Morgan fingerprint density at radius 2 is 2.36 bits per heavy atom. The molecule has 0 spiro atoms. The van der Waals surface area contributed by atoms with Crippen LogP contribution in [0.15, 0.2) is 24.3 Å². The molecule has 0 aliphatic carbocycles. The van der Waals surface area contributed by atoms with Crippen molar-refractivity contribution in [3.8, 4) is 0 Å². The molecule has 1 aromatic carbocycles. The lowest BCUT2D eigenvalue weighted by molar-refractivity contribution is 0.0166. The summed E-state index contributed by atoms with van der Waals surface area (Å²) >= 11 is 0. The molecular formula is C17H25NO4. The maximum atomic E-state index is 12.0. The van der Waals surface area contributed by atoms with Crippen LogP contribution in [0.2, 0.25) is 0 Å². The fourth-order valence-electron chi connectivity index (χ4n) is 2.44. The van der Waals surface area contributed by atoms with Gasteiger partial charge in [-0.25, -0.2) is 0 Å². The molecule has 1 aliphatic rings. The molecular weight excluding hydrogens is 282 g/mol. The normalized spacial score (nSPS) is 17.6. The Kier molecular flexibility index (Phi) is 7.36. The number of amides is 1. The highest BCUT2D eigenvalue weighted by Gasteiger charge is 2.14. The van der Waals surface area contributed by atoms with Crippen LogP contribution in [0, 0.1) is 0 Å². The van der Waals surface area contributed by atoms with Gasteiger partial charge < -0.3 is 19.5 Å². The molecule has 1 N–H and O–H groups in total. The standard InChI is InChI=1S/C17H25NO4/c1-20-12-14-5-2-6-15(11-14)17(19)18-8-4-9-21-13-16-7-3-10-22-16/h2,5-6,11,16H,3-4,7-10,12-13H2,1H3,(H,18,19). The Labute approximate surface area is 131 Å². The summed E-state index contributed by atoms with van der Waals surface area (Å²) < 4.78 is 16.1. The highest BCUT2D eigenvalue weighted by molar-refractivity contribution is 5.94. The summed E-state index contributed by atoms with van der Waals surface area (Å²) in [5, 5.41) is 2.91. The zero-order valence-electron chi connectivity index (χ0n) is 13.2. The highest BCUT2D eigenvalue weighted by Crippen LogP contribution is 2.11. The van der Waals surface area contributed by atoms with Gasteiger partial charge in [0.2, 0.25) is 0 Å². The maximum absolute atomic E-state index is 12.0. The summed E-state index contributed by atoms with van der Waals surface area (Å²) in [6.07, 6.45) is 3.29. The third-order valence-electron chi connectivity index (χ3n) is 3.58. The second-order valence-corrected chi connectivity index (χ2v) is 5.45. The van der Waals surface area contributed by atoms with Crippen molar-refractivity contribution in [2.75, 3.05) is 33.5 Å². The molecule has 2 rings (SSSR count). The zero-order chi connectivity index (χ0) is 15.6. The van der Waals surface area contributed by atoms with Crippen molar-refractivity contribution in [1.82, 2.24) is 5.32 Å². The molecule has 0 radical (unpaired) electrons. The fraction of sp³-hybridized carbons (Fsp3) is 0.588.